The molecule has 0 unspecified atom stereocenters. The van der Waals surface area contributed by atoms with Gasteiger partial charge in [0.1, 0.15) is 23.4 Å². The second-order valence-electron chi connectivity index (χ2n) is 9.03. The Labute approximate surface area is 199 Å². The van der Waals surface area contributed by atoms with Gasteiger partial charge in [-0.15, -0.1) is 0 Å². The lowest BCUT2D eigenvalue weighted by Crippen LogP contribution is -2.55. The van der Waals surface area contributed by atoms with Crippen LogP contribution in [0.15, 0.2) is 49.2 Å². The second kappa shape index (κ2) is 8.81. The molecule has 1 amide bonds. The standard InChI is InChI=1S/C24H24F2N8O/c25-22(26)19-2-1-3-20(31-19)24(35)33-8-6-32(7-9-33)16-10-17(11-16)34-13-15(12-30-34)21-18-4-5-27-23(18)29-14-28-21/h1-5,12-14,16-17,22H,6-11H2,(H,27,28,29). The van der Waals surface area contributed by atoms with Crippen molar-refractivity contribution in [3.05, 3.63) is 60.6 Å². The van der Waals surface area contributed by atoms with Crippen LogP contribution in [-0.2, 0) is 0 Å². The Morgan fingerprint density at radius 1 is 1.06 bits per heavy atom. The van der Waals surface area contributed by atoms with Crippen molar-refractivity contribution in [3.63, 3.8) is 0 Å². The van der Waals surface area contributed by atoms with Crippen LogP contribution >= 0.6 is 0 Å². The lowest BCUT2D eigenvalue weighted by atomic mass is 9.85. The zero-order valence-electron chi connectivity index (χ0n) is 18.9. The molecule has 0 spiro atoms. The minimum Gasteiger partial charge on any atom is -0.346 e. The number of H-pyrrole nitrogens is 1. The van der Waals surface area contributed by atoms with Crippen molar-refractivity contribution in [1.82, 2.24) is 39.5 Å². The third kappa shape index (κ3) is 4.05. The number of piperazine rings is 1. The minimum atomic E-state index is -2.69. The highest BCUT2D eigenvalue weighted by Crippen LogP contribution is 2.37. The number of amides is 1. The summed E-state index contributed by atoms with van der Waals surface area (Å²) in [6.07, 6.45) is 6.62. The molecule has 2 aliphatic rings. The average Bonchev–Trinajstić information content (AvgIpc) is 3.53. The highest BCUT2D eigenvalue weighted by molar-refractivity contribution is 5.92. The summed E-state index contributed by atoms with van der Waals surface area (Å²) >= 11 is 0. The summed E-state index contributed by atoms with van der Waals surface area (Å²) in [5.74, 6) is -0.288. The van der Waals surface area contributed by atoms with Crippen LogP contribution in [0.3, 0.4) is 0 Å². The van der Waals surface area contributed by atoms with Gasteiger partial charge in [-0.25, -0.2) is 23.7 Å². The van der Waals surface area contributed by atoms with Crippen LogP contribution in [0, 0.1) is 0 Å². The summed E-state index contributed by atoms with van der Waals surface area (Å²) in [5, 5.41) is 5.56. The molecule has 1 aliphatic heterocycles. The van der Waals surface area contributed by atoms with Crippen molar-refractivity contribution >= 4 is 16.9 Å². The maximum Gasteiger partial charge on any atom is 0.280 e. The summed E-state index contributed by atoms with van der Waals surface area (Å²) in [7, 11) is 0. The summed E-state index contributed by atoms with van der Waals surface area (Å²) in [5.41, 5.74) is 2.36. The molecule has 4 aromatic heterocycles. The summed E-state index contributed by atoms with van der Waals surface area (Å²) in [6.45, 7) is 2.64. The van der Waals surface area contributed by atoms with Crippen molar-refractivity contribution in [2.75, 3.05) is 26.2 Å². The number of carbonyl (C=O) groups excluding carboxylic acids is 1. The molecule has 1 saturated carbocycles. The van der Waals surface area contributed by atoms with Gasteiger partial charge in [-0.05, 0) is 31.0 Å². The van der Waals surface area contributed by atoms with Crippen molar-refractivity contribution in [1.29, 1.82) is 0 Å². The van der Waals surface area contributed by atoms with E-state index in [1.807, 2.05) is 29.3 Å². The van der Waals surface area contributed by atoms with Crippen molar-refractivity contribution < 1.29 is 13.6 Å². The fourth-order valence-corrected chi connectivity index (χ4v) is 4.98. The molecule has 2 fully saturated rings. The van der Waals surface area contributed by atoms with E-state index in [2.05, 4.69) is 29.9 Å². The first-order chi connectivity index (χ1) is 17.1. The van der Waals surface area contributed by atoms with Crippen LogP contribution < -0.4 is 0 Å². The number of halogens is 2. The Morgan fingerprint density at radius 3 is 2.69 bits per heavy atom. The highest BCUT2D eigenvalue weighted by Gasteiger charge is 2.37. The quantitative estimate of drug-likeness (QED) is 0.473. The van der Waals surface area contributed by atoms with E-state index in [0.29, 0.717) is 25.2 Å². The summed E-state index contributed by atoms with van der Waals surface area (Å²) in [6, 6.07) is 6.94. The molecule has 1 aliphatic carbocycles. The SMILES string of the molecule is O=C(c1cccc(C(F)F)n1)N1CCN(C2CC(n3cc(-c4ncnc5[nH]ccc45)cn3)C2)CC1. The van der Waals surface area contributed by atoms with E-state index in [1.165, 1.54) is 18.2 Å². The Bertz CT molecular complexity index is 1350. The monoisotopic (exact) mass is 478 g/mol. The molecule has 35 heavy (non-hydrogen) atoms. The third-order valence-corrected chi connectivity index (χ3v) is 7.02. The lowest BCUT2D eigenvalue weighted by molar-refractivity contribution is 0.0291. The van der Waals surface area contributed by atoms with Gasteiger partial charge in [0.2, 0.25) is 0 Å². The Morgan fingerprint density at radius 2 is 1.89 bits per heavy atom. The van der Waals surface area contributed by atoms with Gasteiger partial charge in [0.25, 0.3) is 12.3 Å². The largest absolute Gasteiger partial charge is 0.346 e. The molecule has 4 aromatic rings. The predicted molar refractivity (Wildman–Crippen MR) is 124 cm³/mol. The van der Waals surface area contributed by atoms with Gasteiger partial charge in [0.05, 0.1) is 17.9 Å². The molecule has 0 atom stereocenters. The van der Waals surface area contributed by atoms with E-state index in [0.717, 1.165) is 48.2 Å². The molecule has 0 bridgehead atoms. The molecular weight excluding hydrogens is 454 g/mol. The maximum absolute atomic E-state index is 12.9. The van der Waals surface area contributed by atoms with E-state index in [1.54, 1.807) is 11.2 Å². The first-order valence-electron chi connectivity index (χ1n) is 11.7. The topological polar surface area (TPSA) is 95.8 Å². The zero-order valence-corrected chi connectivity index (χ0v) is 18.9. The molecular formula is C24H24F2N8O. The van der Waals surface area contributed by atoms with E-state index in [-0.39, 0.29) is 17.3 Å². The van der Waals surface area contributed by atoms with Crippen molar-refractivity contribution in [3.8, 4) is 11.3 Å². The molecule has 1 saturated heterocycles. The molecule has 11 heteroatoms. The van der Waals surface area contributed by atoms with Gasteiger partial charge >= 0.3 is 0 Å². The zero-order chi connectivity index (χ0) is 23.9. The normalized spacial score (nSPS) is 20.9. The van der Waals surface area contributed by atoms with Gasteiger partial charge in [-0.1, -0.05) is 6.07 Å². The van der Waals surface area contributed by atoms with Crippen molar-refractivity contribution in [2.45, 2.75) is 31.4 Å². The van der Waals surface area contributed by atoms with Crippen LogP contribution in [0.25, 0.3) is 22.3 Å². The number of nitrogens with zero attached hydrogens (tertiary/aromatic N) is 7. The number of aromatic amines is 1. The molecule has 9 nitrogen and oxygen atoms in total. The van der Waals surface area contributed by atoms with Gasteiger partial charge in [0, 0.05) is 55.6 Å². The van der Waals surface area contributed by atoms with E-state index < -0.39 is 6.43 Å². The number of nitrogens with one attached hydrogen (secondary N) is 1. The first kappa shape index (κ1) is 21.8. The average molecular weight is 479 g/mol. The first-order valence-corrected chi connectivity index (χ1v) is 11.7. The number of pyridine rings is 1. The molecule has 5 heterocycles. The van der Waals surface area contributed by atoms with Crippen molar-refractivity contribution in [2.24, 2.45) is 0 Å². The van der Waals surface area contributed by atoms with E-state index >= 15 is 0 Å². The second-order valence-corrected chi connectivity index (χ2v) is 9.03. The number of hydrogen-bond acceptors (Lipinski definition) is 6. The number of carbonyl (C=O) groups is 1. The molecule has 0 radical (unpaired) electrons. The molecule has 6 rings (SSSR count). The highest BCUT2D eigenvalue weighted by atomic mass is 19.3. The number of alkyl halides is 2. The number of fused-ring (bicyclic) bond motifs is 1. The number of aromatic nitrogens is 6. The van der Waals surface area contributed by atoms with Crippen LogP contribution in [0.5, 0.6) is 0 Å². The lowest BCUT2D eigenvalue weighted by Gasteiger charge is -2.46. The molecule has 180 valence electrons. The van der Waals surface area contributed by atoms with E-state index in [9.17, 15) is 13.6 Å². The Balaban J connectivity index is 1.04. The van der Waals surface area contributed by atoms with Gasteiger partial charge in [-0.2, -0.15) is 5.10 Å². The minimum absolute atomic E-state index is 0.0787. The van der Waals surface area contributed by atoms with E-state index in [4.69, 9.17) is 0 Å². The van der Waals surface area contributed by atoms with Crippen LogP contribution in [0.2, 0.25) is 0 Å². The predicted octanol–water partition coefficient (Wildman–Crippen LogP) is 3.32. The summed E-state index contributed by atoms with van der Waals surface area (Å²) < 4.78 is 27.9. The Kier molecular flexibility index (Phi) is 5.48. The smallest absolute Gasteiger partial charge is 0.280 e. The molecule has 0 aromatic carbocycles. The number of hydrogen-bond donors (Lipinski definition) is 1. The fourth-order valence-electron chi connectivity index (χ4n) is 4.98. The van der Waals surface area contributed by atoms with Gasteiger partial charge < -0.3 is 9.88 Å². The maximum atomic E-state index is 12.9. The van der Waals surface area contributed by atoms with Crippen LogP contribution in [-0.4, -0.2) is 77.6 Å². The van der Waals surface area contributed by atoms with Crippen LogP contribution in [0.4, 0.5) is 8.78 Å². The summed E-state index contributed by atoms with van der Waals surface area (Å²) in [4.78, 5) is 32.5. The Hall–Kier alpha value is -3.73. The molecule has 1 N–H and O–H groups in total. The number of rotatable bonds is 5. The third-order valence-electron chi connectivity index (χ3n) is 7.02. The van der Waals surface area contributed by atoms with Gasteiger partial charge in [0.15, 0.2) is 0 Å². The van der Waals surface area contributed by atoms with Gasteiger partial charge in [-0.3, -0.25) is 14.4 Å². The fraction of sp³-hybridized carbons (Fsp3) is 0.375. The van der Waals surface area contributed by atoms with Crippen LogP contribution in [0.1, 0.15) is 41.5 Å².